The fourth-order valence-electron chi connectivity index (χ4n) is 2.31. The van der Waals surface area contributed by atoms with Gasteiger partial charge in [0.05, 0.1) is 25.6 Å². The summed E-state index contributed by atoms with van der Waals surface area (Å²) in [7, 11) is -3.42. The predicted octanol–water partition coefficient (Wildman–Crippen LogP) is 1.27. The van der Waals surface area contributed by atoms with Crippen molar-refractivity contribution in [1.82, 2.24) is 14.6 Å². The van der Waals surface area contributed by atoms with E-state index in [-0.39, 0.29) is 37.6 Å². The van der Waals surface area contributed by atoms with Crippen LogP contribution < -0.4 is 21.1 Å². The Morgan fingerprint density at radius 3 is 2.82 bits per heavy atom. The van der Waals surface area contributed by atoms with Crippen molar-refractivity contribution in [2.75, 3.05) is 25.2 Å². The molecule has 28 heavy (non-hydrogen) atoms. The van der Waals surface area contributed by atoms with Crippen molar-refractivity contribution in [3.05, 3.63) is 42.4 Å². The number of aromatic nitrogens is 2. The van der Waals surface area contributed by atoms with Crippen molar-refractivity contribution in [2.45, 2.75) is 19.6 Å². The molecule has 2 atom stereocenters. The van der Waals surface area contributed by atoms with Gasteiger partial charge in [0.15, 0.2) is 5.84 Å². The Morgan fingerprint density at radius 1 is 1.46 bits per heavy atom. The molecule has 0 saturated heterocycles. The minimum absolute atomic E-state index is 0.0393. The molecular weight excluding hydrogens is 390 g/mol. The van der Waals surface area contributed by atoms with Crippen LogP contribution in [0.4, 0.5) is 10.3 Å². The number of nitrogens with zero attached hydrogens (tertiary/aromatic N) is 3. The number of anilines is 1. The molecule has 12 heteroatoms. The highest BCUT2D eigenvalue weighted by Gasteiger charge is 2.26. The molecule has 0 aliphatic carbocycles. The second-order valence-electron chi connectivity index (χ2n) is 5.92. The number of imidazole rings is 1. The Morgan fingerprint density at radius 2 is 2.18 bits per heavy atom. The number of nitrogen functional groups attached to an aromatic ring is 1. The van der Waals surface area contributed by atoms with Crippen LogP contribution in [0, 0.1) is 0 Å². The van der Waals surface area contributed by atoms with Crippen molar-refractivity contribution in [3.8, 4) is 5.75 Å². The van der Waals surface area contributed by atoms with E-state index < -0.39 is 19.5 Å². The number of aliphatic hydroxyl groups excluding tert-OH is 1. The molecule has 0 bridgehead atoms. The number of para-hydroxylation sites is 1. The lowest BCUT2D eigenvalue weighted by atomic mass is 10.3. The number of hydrogen-bond donors (Lipinski definition) is 4. The molecular formula is C16H24FN6O4P. The second-order valence-corrected chi connectivity index (χ2v) is 8.02. The molecule has 2 rings (SSSR count). The first kappa shape index (κ1) is 21.8. The SMILES string of the molecule is C[C@H](Cn1cnc(C(N)=NF)c1N)OCP(=O)(NCCO)Oc1ccccc1. The van der Waals surface area contributed by atoms with Crippen LogP contribution in [-0.2, 0) is 15.8 Å². The molecule has 1 heterocycles. The zero-order chi connectivity index (χ0) is 20.6. The summed E-state index contributed by atoms with van der Waals surface area (Å²) < 4.78 is 38.1. The molecule has 1 aromatic carbocycles. The zero-order valence-corrected chi connectivity index (χ0v) is 16.3. The number of amidine groups is 1. The number of nitrogens with two attached hydrogens (primary N) is 2. The highest BCUT2D eigenvalue weighted by molar-refractivity contribution is 7.57. The fourth-order valence-corrected chi connectivity index (χ4v) is 3.87. The summed E-state index contributed by atoms with van der Waals surface area (Å²) >= 11 is 0. The highest BCUT2D eigenvalue weighted by Crippen LogP contribution is 2.43. The van der Waals surface area contributed by atoms with Gasteiger partial charge in [-0.25, -0.2) is 10.1 Å². The van der Waals surface area contributed by atoms with E-state index in [0.717, 1.165) is 0 Å². The number of rotatable bonds is 11. The summed E-state index contributed by atoms with van der Waals surface area (Å²) in [5, 5.41) is 14.1. The van der Waals surface area contributed by atoms with Crippen LogP contribution in [0.5, 0.6) is 5.75 Å². The van der Waals surface area contributed by atoms with Crippen molar-refractivity contribution >= 4 is 19.2 Å². The van der Waals surface area contributed by atoms with Crippen molar-refractivity contribution in [3.63, 3.8) is 0 Å². The molecule has 0 saturated carbocycles. The van der Waals surface area contributed by atoms with E-state index in [1.807, 2.05) is 6.07 Å². The van der Waals surface area contributed by atoms with Crippen molar-refractivity contribution in [2.24, 2.45) is 10.9 Å². The summed E-state index contributed by atoms with van der Waals surface area (Å²) in [5.74, 6) is 0.132. The Bertz CT molecular complexity index is 832. The molecule has 0 fully saturated rings. The Balaban J connectivity index is 2.00. The van der Waals surface area contributed by atoms with E-state index in [9.17, 15) is 9.05 Å². The average molecular weight is 414 g/mol. The van der Waals surface area contributed by atoms with E-state index in [1.54, 1.807) is 31.2 Å². The van der Waals surface area contributed by atoms with Gasteiger partial charge in [0.2, 0.25) is 0 Å². The van der Waals surface area contributed by atoms with Gasteiger partial charge in [0.1, 0.15) is 23.6 Å². The lowest BCUT2D eigenvalue weighted by Crippen LogP contribution is -2.25. The molecule has 10 nitrogen and oxygen atoms in total. The third-order valence-electron chi connectivity index (χ3n) is 3.66. The molecule has 0 spiro atoms. The first-order valence-electron chi connectivity index (χ1n) is 8.45. The first-order valence-corrected chi connectivity index (χ1v) is 10.3. The first-order chi connectivity index (χ1) is 13.4. The molecule has 6 N–H and O–H groups in total. The summed E-state index contributed by atoms with van der Waals surface area (Å²) in [4.78, 5) is 3.91. The van der Waals surface area contributed by atoms with Crippen molar-refractivity contribution < 1.29 is 23.4 Å². The van der Waals surface area contributed by atoms with E-state index in [4.69, 9.17) is 25.8 Å². The minimum Gasteiger partial charge on any atom is -0.431 e. The number of nitrogens with one attached hydrogen (secondary N) is 1. The van der Waals surface area contributed by atoms with Crippen molar-refractivity contribution in [1.29, 1.82) is 0 Å². The standard InChI is InChI=1S/C16H24FN6O4P/c1-12(9-23-10-20-14(16(23)19)15(18)22-17)26-11-28(25,21-7-8-24)27-13-5-3-2-4-6-13/h2-6,10,12,24H,7-9,11,19H2,1H3,(H2,18,22)(H,21,25)/t12-,28?/m1/s1. The Kier molecular flexibility index (Phi) is 7.94. The minimum atomic E-state index is -3.42. The van der Waals surface area contributed by atoms with Crippen LogP contribution >= 0.6 is 7.52 Å². The number of hydrogen-bond acceptors (Lipinski definition) is 7. The molecule has 0 aliphatic rings. The van der Waals surface area contributed by atoms with E-state index >= 15 is 0 Å². The number of halogens is 1. The smallest absolute Gasteiger partial charge is 0.342 e. The van der Waals surface area contributed by atoms with Gasteiger partial charge in [-0.05, 0) is 19.1 Å². The predicted molar refractivity (Wildman–Crippen MR) is 104 cm³/mol. The number of aliphatic hydroxyl groups is 1. The lowest BCUT2D eigenvalue weighted by molar-refractivity contribution is 0.0818. The van der Waals surface area contributed by atoms with E-state index in [2.05, 4.69) is 15.3 Å². The van der Waals surface area contributed by atoms with Gasteiger partial charge in [0, 0.05) is 6.54 Å². The maximum atomic E-state index is 13.0. The zero-order valence-electron chi connectivity index (χ0n) is 15.4. The van der Waals surface area contributed by atoms with Gasteiger partial charge in [-0.1, -0.05) is 27.9 Å². The molecule has 0 radical (unpaired) electrons. The van der Waals surface area contributed by atoms with E-state index in [1.165, 1.54) is 10.9 Å². The Hall–Kier alpha value is -2.46. The number of benzene rings is 1. The molecule has 0 amide bonds. The van der Waals surface area contributed by atoms with Crippen LogP contribution in [0.2, 0.25) is 0 Å². The number of ether oxygens (including phenoxy) is 1. The van der Waals surface area contributed by atoms with Crippen LogP contribution in [-0.4, -0.2) is 46.1 Å². The average Bonchev–Trinajstić information content (AvgIpc) is 3.05. The molecule has 154 valence electrons. The third kappa shape index (κ3) is 6.03. The van der Waals surface area contributed by atoms with E-state index in [0.29, 0.717) is 5.75 Å². The quantitative estimate of drug-likeness (QED) is 0.244. The maximum Gasteiger partial charge on any atom is 0.342 e. The Labute approximate surface area is 161 Å². The highest BCUT2D eigenvalue weighted by atomic mass is 31.2. The topological polar surface area (TPSA) is 150 Å². The maximum absolute atomic E-state index is 13.0. The van der Waals surface area contributed by atoms with Gasteiger partial charge in [-0.2, -0.15) is 0 Å². The molecule has 0 aliphatic heterocycles. The van der Waals surface area contributed by atoms with Gasteiger partial charge in [0.25, 0.3) is 0 Å². The summed E-state index contributed by atoms with van der Waals surface area (Å²) in [6.45, 7) is 1.87. The van der Waals surface area contributed by atoms with Gasteiger partial charge in [-0.3, -0.25) is 4.57 Å². The van der Waals surface area contributed by atoms with Crippen LogP contribution in [0.1, 0.15) is 12.6 Å². The normalized spacial score (nSPS) is 15.2. The fraction of sp³-hybridized carbons (Fsp3) is 0.375. The van der Waals surface area contributed by atoms with Crippen LogP contribution in [0.3, 0.4) is 0 Å². The van der Waals surface area contributed by atoms with Crippen LogP contribution in [0.25, 0.3) is 0 Å². The molecule has 2 aromatic rings. The van der Waals surface area contributed by atoms with Gasteiger partial charge in [-0.15, -0.1) is 0 Å². The molecule has 1 unspecified atom stereocenters. The lowest BCUT2D eigenvalue weighted by Gasteiger charge is -2.22. The third-order valence-corrected chi connectivity index (χ3v) is 5.36. The summed E-state index contributed by atoms with van der Waals surface area (Å²) in [5.41, 5.74) is 11.3. The van der Waals surface area contributed by atoms with Crippen LogP contribution in [0.15, 0.2) is 41.9 Å². The second kappa shape index (κ2) is 10.2. The monoisotopic (exact) mass is 414 g/mol. The molecule has 1 aromatic heterocycles. The largest absolute Gasteiger partial charge is 0.431 e. The summed E-state index contributed by atoms with van der Waals surface area (Å²) in [6.07, 6.45) is 0.710. The van der Waals surface area contributed by atoms with Gasteiger partial charge >= 0.3 is 7.52 Å². The van der Waals surface area contributed by atoms with Gasteiger partial charge < -0.3 is 30.4 Å². The summed E-state index contributed by atoms with van der Waals surface area (Å²) in [6, 6.07) is 8.65.